The summed E-state index contributed by atoms with van der Waals surface area (Å²) < 4.78 is 1.90. The van der Waals surface area contributed by atoms with Crippen LogP contribution in [-0.2, 0) is 0 Å². The maximum Gasteiger partial charge on any atom is 0.341 e. The fraction of sp³-hybridized carbons (Fsp3) is 0.571. The fourth-order valence-corrected chi connectivity index (χ4v) is 2.16. The SMILES string of the molecule is Cc1cc(=O)c(C(=O)O)cn1C(CN(C)C)C(C)C. The predicted molar refractivity (Wildman–Crippen MR) is 74.8 cm³/mol. The first-order chi connectivity index (χ1) is 8.73. The molecule has 19 heavy (non-hydrogen) atoms. The second-order valence-electron chi connectivity index (χ2n) is 5.48. The third-order valence-electron chi connectivity index (χ3n) is 3.19. The van der Waals surface area contributed by atoms with E-state index in [0.717, 1.165) is 12.2 Å². The Morgan fingerprint density at radius 1 is 1.42 bits per heavy atom. The molecule has 0 bridgehead atoms. The van der Waals surface area contributed by atoms with Crippen molar-refractivity contribution in [3.63, 3.8) is 0 Å². The molecular formula is C14H22N2O3. The lowest BCUT2D eigenvalue weighted by Gasteiger charge is -2.29. The third kappa shape index (κ3) is 3.67. The van der Waals surface area contributed by atoms with Crippen molar-refractivity contribution in [2.75, 3.05) is 20.6 Å². The first-order valence-electron chi connectivity index (χ1n) is 6.34. The molecule has 0 amide bonds. The number of hydrogen-bond donors (Lipinski definition) is 1. The number of rotatable bonds is 5. The lowest BCUT2D eigenvalue weighted by molar-refractivity contribution is 0.0694. The largest absolute Gasteiger partial charge is 0.477 e. The molecule has 0 fully saturated rings. The Morgan fingerprint density at radius 2 is 2.00 bits per heavy atom. The molecule has 106 valence electrons. The molecule has 1 aromatic heterocycles. The average Bonchev–Trinajstić information content (AvgIpc) is 2.25. The molecule has 1 unspecified atom stereocenters. The number of carboxylic acids is 1. The van der Waals surface area contributed by atoms with E-state index < -0.39 is 11.4 Å². The number of hydrogen-bond acceptors (Lipinski definition) is 3. The number of aryl methyl sites for hydroxylation is 1. The van der Waals surface area contributed by atoms with E-state index in [1.165, 1.54) is 12.3 Å². The smallest absolute Gasteiger partial charge is 0.341 e. The van der Waals surface area contributed by atoms with Gasteiger partial charge in [-0.05, 0) is 26.9 Å². The van der Waals surface area contributed by atoms with Gasteiger partial charge in [-0.3, -0.25) is 4.79 Å². The van der Waals surface area contributed by atoms with Crippen LogP contribution in [0.2, 0.25) is 0 Å². The Bertz CT molecular complexity index is 518. The van der Waals surface area contributed by atoms with E-state index >= 15 is 0 Å². The summed E-state index contributed by atoms with van der Waals surface area (Å²) in [6.07, 6.45) is 1.47. The number of pyridine rings is 1. The molecule has 0 aliphatic heterocycles. The number of aromatic nitrogens is 1. The first-order valence-corrected chi connectivity index (χ1v) is 6.34. The molecule has 0 saturated carbocycles. The van der Waals surface area contributed by atoms with Crippen LogP contribution < -0.4 is 5.43 Å². The van der Waals surface area contributed by atoms with Gasteiger partial charge in [0.1, 0.15) is 5.56 Å². The molecule has 0 spiro atoms. The van der Waals surface area contributed by atoms with Crippen LogP contribution in [0.1, 0.15) is 35.9 Å². The second kappa shape index (κ2) is 6.02. The van der Waals surface area contributed by atoms with E-state index in [-0.39, 0.29) is 11.6 Å². The standard InChI is InChI=1S/C14H22N2O3/c1-9(2)12(8-15(4)5)16-7-11(14(18)19)13(17)6-10(16)3/h6-7,9,12H,8H2,1-5H3,(H,18,19). The summed E-state index contributed by atoms with van der Waals surface area (Å²) >= 11 is 0. The highest BCUT2D eigenvalue weighted by molar-refractivity contribution is 5.87. The minimum absolute atomic E-state index is 0.133. The van der Waals surface area contributed by atoms with Gasteiger partial charge in [0.25, 0.3) is 0 Å². The van der Waals surface area contributed by atoms with Crippen molar-refractivity contribution in [1.82, 2.24) is 9.47 Å². The van der Waals surface area contributed by atoms with Gasteiger partial charge in [-0.1, -0.05) is 13.8 Å². The number of carboxylic acid groups (broad SMARTS) is 1. The van der Waals surface area contributed by atoms with Gasteiger partial charge in [-0.25, -0.2) is 4.79 Å². The molecule has 5 heteroatoms. The third-order valence-corrected chi connectivity index (χ3v) is 3.19. The Labute approximate surface area is 113 Å². The van der Waals surface area contributed by atoms with E-state index in [1.54, 1.807) is 0 Å². The van der Waals surface area contributed by atoms with Gasteiger partial charge >= 0.3 is 5.97 Å². The van der Waals surface area contributed by atoms with E-state index in [2.05, 4.69) is 18.7 Å². The highest BCUT2D eigenvalue weighted by Crippen LogP contribution is 2.20. The van der Waals surface area contributed by atoms with E-state index in [9.17, 15) is 9.59 Å². The predicted octanol–water partition coefficient (Wildman–Crippen LogP) is 1.61. The summed E-state index contributed by atoms with van der Waals surface area (Å²) in [4.78, 5) is 24.8. The summed E-state index contributed by atoms with van der Waals surface area (Å²) in [6.45, 7) is 6.80. The minimum atomic E-state index is -1.17. The Morgan fingerprint density at radius 3 is 2.42 bits per heavy atom. The monoisotopic (exact) mass is 266 g/mol. The second-order valence-corrected chi connectivity index (χ2v) is 5.48. The molecular weight excluding hydrogens is 244 g/mol. The molecule has 1 heterocycles. The molecule has 0 radical (unpaired) electrons. The maximum atomic E-state index is 11.6. The van der Waals surface area contributed by atoms with Crippen LogP contribution >= 0.6 is 0 Å². The molecule has 0 aliphatic rings. The van der Waals surface area contributed by atoms with Crippen molar-refractivity contribution in [3.05, 3.63) is 33.7 Å². The molecule has 0 aromatic carbocycles. The quantitative estimate of drug-likeness (QED) is 0.879. The van der Waals surface area contributed by atoms with Crippen molar-refractivity contribution in [3.8, 4) is 0 Å². The normalized spacial score (nSPS) is 13.0. The Balaban J connectivity index is 3.34. The van der Waals surface area contributed by atoms with Crippen LogP contribution in [0.15, 0.2) is 17.1 Å². The summed E-state index contributed by atoms with van der Waals surface area (Å²) in [5, 5.41) is 9.06. The molecule has 0 aliphatic carbocycles. The topological polar surface area (TPSA) is 62.5 Å². The summed E-state index contributed by atoms with van der Waals surface area (Å²) in [5.41, 5.74) is 0.180. The van der Waals surface area contributed by atoms with Crippen LogP contribution in [0.4, 0.5) is 0 Å². The zero-order valence-corrected chi connectivity index (χ0v) is 12.2. The van der Waals surface area contributed by atoms with E-state index in [1.807, 2.05) is 25.6 Å². The van der Waals surface area contributed by atoms with Crippen LogP contribution in [0.5, 0.6) is 0 Å². The number of likely N-dealkylation sites (N-methyl/N-ethyl adjacent to an activating group) is 1. The first kappa shape index (κ1) is 15.4. The van der Waals surface area contributed by atoms with Gasteiger partial charge in [0.2, 0.25) is 0 Å². The van der Waals surface area contributed by atoms with Crippen LogP contribution in [0.25, 0.3) is 0 Å². The van der Waals surface area contributed by atoms with Gasteiger partial charge in [-0.2, -0.15) is 0 Å². The van der Waals surface area contributed by atoms with Crippen molar-refractivity contribution in [2.45, 2.75) is 26.8 Å². The lowest BCUT2D eigenvalue weighted by Crippen LogP contribution is -2.31. The van der Waals surface area contributed by atoms with E-state index in [4.69, 9.17) is 5.11 Å². The van der Waals surface area contributed by atoms with Crippen molar-refractivity contribution in [1.29, 1.82) is 0 Å². The molecule has 1 N–H and O–H groups in total. The number of aromatic carboxylic acids is 1. The zero-order chi connectivity index (χ0) is 14.7. The number of carbonyl (C=O) groups is 1. The maximum absolute atomic E-state index is 11.6. The molecule has 1 atom stereocenters. The molecule has 0 saturated heterocycles. The van der Waals surface area contributed by atoms with Gasteiger partial charge in [0.05, 0.1) is 0 Å². The van der Waals surface area contributed by atoms with E-state index in [0.29, 0.717) is 5.92 Å². The summed E-state index contributed by atoms with van der Waals surface area (Å²) in [5.74, 6) is -0.837. The highest BCUT2D eigenvalue weighted by atomic mass is 16.4. The van der Waals surface area contributed by atoms with Crippen LogP contribution in [0.3, 0.4) is 0 Å². The highest BCUT2D eigenvalue weighted by Gasteiger charge is 2.20. The average molecular weight is 266 g/mol. The Kier molecular flexibility index (Phi) is 4.89. The summed E-state index contributed by atoms with van der Waals surface area (Å²) in [7, 11) is 3.96. The summed E-state index contributed by atoms with van der Waals surface area (Å²) in [6, 6.07) is 1.53. The van der Waals surface area contributed by atoms with Gasteiger partial charge < -0.3 is 14.6 Å². The molecule has 5 nitrogen and oxygen atoms in total. The fourth-order valence-electron chi connectivity index (χ4n) is 2.16. The van der Waals surface area contributed by atoms with Crippen molar-refractivity contribution < 1.29 is 9.90 Å². The minimum Gasteiger partial charge on any atom is -0.477 e. The van der Waals surface area contributed by atoms with Gasteiger partial charge in [-0.15, -0.1) is 0 Å². The zero-order valence-electron chi connectivity index (χ0n) is 12.2. The van der Waals surface area contributed by atoms with Crippen LogP contribution in [-0.4, -0.2) is 41.2 Å². The molecule has 1 rings (SSSR count). The van der Waals surface area contributed by atoms with Gasteiger partial charge in [0, 0.05) is 30.5 Å². The van der Waals surface area contributed by atoms with Gasteiger partial charge in [0.15, 0.2) is 5.43 Å². The van der Waals surface area contributed by atoms with Crippen molar-refractivity contribution >= 4 is 5.97 Å². The molecule has 1 aromatic rings. The Hall–Kier alpha value is -1.62. The number of nitrogens with zero attached hydrogens (tertiary/aromatic N) is 2. The lowest BCUT2D eigenvalue weighted by atomic mass is 10.0. The van der Waals surface area contributed by atoms with Crippen molar-refractivity contribution in [2.24, 2.45) is 5.92 Å². The van der Waals surface area contributed by atoms with Crippen LogP contribution in [0, 0.1) is 12.8 Å².